The summed E-state index contributed by atoms with van der Waals surface area (Å²) in [4.78, 5) is 23.5. The van der Waals surface area contributed by atoms with Crippen molar-refractivity contribution in [3.8, 4) is 0 Å². The number of carbonyl (C=O) groups is 2. The number of rotatable bonds is 19. The van der Waals surface area contributed by atoms with Gasteiger partial charge in [0.15, 0.2) is 0 Å². The van der Waals surface area contributed by atoms with Gasteiger partial charge in [0.2, 0.25) is 0 Å². The maximum absolute atomic E-state index is 12.2. The lowest BCUT2D eigenvalue weighted by atomic mass is 9.92. The lowest BCUT2D eigenvalue weighted by molar-refractivity contribution is -0.147. The number of carboxylic acid groups (broad SMARTS) is 1. The van der Waals surface area contributed by atoms with Gasteiger partial charge in [-0.15, -0.1) is 0 Å². The minimum absolute atomic E-state index is 0.0121. The van der Waals surface area contributed by atoms with Crippen LogP contribution < -0.4 is 0 Å². The molecule has 4 nitrogen and oxygen atoms in total. The molecule has 0 rings (SSSR count). The first-order valence-corrected chi connectivity index (χ1v) is 11.0. The van der Waals surface area contributed by atoms with E-state index in [1.807, 2.05) is 0 Å². The van der Waals surface area contributed by atoms with Crippen LogP contribution in [0.1, 0.15) is 117 Å². The summed E-state index contributed by atoms with van der Waals surface area (Å²) in [5, 5.41) is 19.3. The molecule has 0 aromatic heterocycles. The second-order valence-corrected chi connectivity index (χ2v) is 7.68. The van der Waals surface area contributed by atoms with E-state index in [0.29, 0.717) is 12.8 Å². The van der Waals surface area contributed by atoms with Crippen LogP contribution in [0.5, 0.6) is 0 Å². The summed E-state index contributed by atoms with van der Waals surface area (Å²) in [7, 11) is 0. The predicted molar refractivity (Wildman–Crippen MR) is 107 cm³/mol. The Bertz CT molecular complexity index is 354. The molecule has 26 heavy (non-hydrogen) atoms. The molecule has 0 fully saturated rings. The van der Waals surface area contributed by atoms with Gasteiger partial charge in [-0.25, -0.2) is 0 Å². The van der Waals surface area contributed by atoms with Crippen LogP contribution >= 0.6 is 0 Å². The second-order valence-electron chi connectivity index (χ2n) is 7.68. The van der Waals surface area contributed by atoms with Crippen LogP contribution in [0.2, 0.25) is 0 Å². The van der Waals surface area contributed by atoms with E-state index in [2.05, 4.69) is 13.8 Å². The normalized spacial score (nSPS) is 13.5. The Kier molecular flexibility index (Phi) is 16.9. The van der Waals surface area contributed by atoms with Crippen LogP contribution in [0.25, 0.3) is 0 Å². The van der Waals surface area contributed by atoms with Gasteiger partial charge in [0, 0.05) is 6.42 Å². The molecule has 2 unspecified atom stereocenters. The number of ketones is 1. The third-order valence-corrected chi connectivity index (χ3v) is 5.11. The number of carboxylic acids is 1. The standard InChI is InChI=1S/C22H42O4/c1-3-5-7-9-10-11-12-13-14-16-19(23)18-21(24)20(22(25)26)17-15-8-6-4-2/h19-20,23H,3-18H2,1-2H3,(H,25,26). The molecule has 0 aromatic carbocycles. The molecule has 0 aliphatic heterocycles. The van der Waals surface area contributed by atoms with Gasteiger partial charge in [-0.1, -0.05) is 97.3 Å². The maximum Gasteiger partial charge on any atom is 0.314 e. The smallest absolute Gasteiger partial charge is 0.314 e. The van der Waals surface area contributed by atoms with Gasteiger partial charge in [-0.3, -0.25) is 9.59 Å². The van der Waals surface area contributed by atoms with Gasteiger partial charge >= 0.3 is 5.97 Å². The Morgan fingerprint density at radius 2 is 1.12 bits per heavy atom. The summed E-state index contributed by atoms with van der Waals surface area (Å²) in [5.74, 6) is -2.29. The molecule has 0 aliphatic carbocycles. The van der Waals surface area contributed by atoms with Crippen molar-refractivity contribution in [2.45, 2.75) is 123 Å². The van der Waals surface area contributed by atoms with Crippen LogP contribution in [-0.4, -0.2) is 28.1 Å². The molecule has 0 heterocycles. The zero-order chi connectivity index (χ0) is 19.6. The van der Waals surface area contributed by atoms with E-state index >= 15 is 0 Å². The summed E-state index contributed by atoms with van der Waals surface area (Å²) >= 11 is 0. The highest BCUT2D eigenvalue weighted by atomic mass is 16.4. The van der Waals surface area contributed by atoms with Gasteiger partial charge in [-0.05, 0) is 12.8 Å². The molecule has 2 N–H and O–H groups in total. The predicted octanol–water partition coefficient (Wildman–Crippen LogP) is 5.90. The molecule has 0 amide bonds. The van der Waals surface area contributed by atoms with Crippen molar-refractivity contribution in [2.24, 2.45) is 5.92 Å². The number of aliphatic hydroxyl groups excluding tert-OH is 1. The Balaban J connectivity index is 3.82. The largest absolute Gasteiger partial charge is 0.481 e. The van der Waals surface area contributed by atoms with Gasteiger partial charge < -0.3 is 10.2 Å². The highest BCUT2D eigenvalue weighted by Crippen LogP contribution is 2.17. The van der Waals surface area contributed by atoms with E-state index in [-0.39, 0.29) is 12.2 Å². The van der Waals surface area contributed by atoms with Crippen LogP contribution in [-0.2, 0) is 9.59 Å². The van der Waals surface area contributed by atoms with Crippen molar-refractivity contribution in [1.82, 2.24) is 0 Å². The number of carbonyl (C=O) groups excluding carboxylic acids is 1. The number of aliphatic carboxylic acids is 1. The molecular formula is C22H42O4. The van der Waals surface area contributed by atoms with Crippen LogP contribution in [0.4, 0.5) is 0 Å². The monoisotopic (exact) mass is 370 g/mol. The third-order valence-electron chi connectivity index (χ3n) is 5.11. The first-order valence-electron chi connectivity index (χ1n) is 11.0. The molecule has 4 heteroatoms. The quantitative estimate of drug-likeness (QED) is 0.219. The third kappa shape index (κ3) is 14.3. The molecule has 2 atom stereocenters. The Hall–Kier alpha value is -0.900. The van der Waals surface area contributed by atoms with Crippen LogP contribution in [0.15, 0.2) is 0 Å². The summed E-state index contributed by atoms with van der Waals surface area (Å²) in [6.07, 6.45) is 15.2. The molecule has 0 spiro atoms. The second kappa shape index (κ2) is 17.5. The molecule has 154 valence electrons. The molecule has 0 aromatic rings. The van der Waals surface area contributed by atoms with E-state index in [9.17, 15) is 19.8 Å². The summed E-state index contributed by atoms with van der Waals surface area (Å²) in [6.45, 7) is 4.32. The highest BCUT2D eigenvalue weighted by molar-refractivity contribution is 5.98. The molecule has 0 saturated carbocycles. The molecule has 0 saturated heterocycles. The Labute approximate surface area is 160 Å². The van der Waals surface area contributed by atoms with Gasteiger partial charge in [0.05, 0.1) is 6.10 Å². The lowest BCUT2D eigenvalue weighted by Crippen LogP contribution is -2.27. The SMILES string of the molecule is CCCCCCCCCCCC(O)CC(=O)C(CCCCCC)C(=O)O. The maximum atomic E-state index is 12.2. The number of hydrogen-bond acceptors (Lipinski definition) is 3. The first-order chi connectivity index (χ1) is 12.5. The number of unbranched alkanes of at least 4 members (excludes halogenated alkanes) is 11. The van der Waals surface area contributed by atoms with E-state index in [4.69, 9.17) is 0 Å². The molecule has 0 bridgehead atoms. The molecule has 0 radical (unpaired) electrons. The average molecular weight is 371 g/mol. The van der Waals surface area contributed by atoms with Gasteiger partial charge in [0.1, 0.15) is 11.7 Å². The highest BCUT2D eigenvalue weighted by Gasteiger charge is 2.26. The van der Waals surface area contributed by atoms with E-state index in [0.717, 1.165) is 38.5 Å². The van der Waals surface area contributed by atoms with Crippen molar-refractivity contribution in [3.63, 3.8) is 0 Å². The first kappa shape index (κ1) is 25.1. The summed E-state index contributed by atoms with van der Waals surface area (Å²) in [5.41, 5.74) is 0. The van der Waals surface area contributed by atoms with Gasteiger partial charge in [-0.2, -0.15) is 0 Å². The number of Topliss-reactive ketones (excluding diaryl/α,β-unsaturated/α-hetero) is 1. The molecule has 0 aliphatic rings. The number of aliphatic hydroxyl groups is 1. The Morgan fingerprint density at radius 1 is 0.692 bits per heavy atom. The van der Waals surface area contributed by atoms with E-state index in [1.165, 1.54) is 44.9 Å². The molecular weight excluding hydrogens is 328 g/mol. The average Bonchev–Trinajstić information content (AvgIpc) is 2.59. The zero-order valence-electron chi connectivity index (χ0n) is 17.2. The van der Waals surface area contributed by atoms with E-state index < -0.39 is 18.0 Å². The van der Waals surface area contributed by atoms with Crippen molar-refractivity contribution in [1.29, 1.82) is 0 Å². The minimum atomic E-state index is -1.04. The summed E-state index contributed by atoms with van der Waals surface area (Å²) in [6, 6.07) is 0. The van der Waals surface area contributed by atoms with Crippen molar-refractivity contribution in [3.05, 3.63) is 0 Å². The number of hydrogen-bond donors (Lipinski definition) is 2. The van der Waals surface area contributed by atoms with Gasteiger partial charge in [0.25, 0.3) is 0 Å². The van der Waals surface area contributed by atoms with Crippen molar-refractivity contribution in [2.75, 3.05) is 0 Å². The fourth-order valence-electron chi connectivity index (χ4n) is 3.36. The van der Waals surface area contributed by atoms with Crippen molar-refractivity contribution >= 4 is 11.8 Å². The van der Waals surface area contributed by atoms with Crippen LogP contribution in [0, 0.1) is 5.92 Å². The fraction of sp³-hybridized carbons (Fsp3) is 0.909. The summed E-state index contributed by atoms with van der Waals surface area (Å²) < 4.78 is 0. The van der Waals surface area contributed by atoms with E-state index in [1.54, 1.807) is 0 Å². The fourth-order valence-corrected chi connectivity index (χ4v) is 3.36. The Morgan fingerprint density at radius 3 is 1.62 bits per heavy atom. The van der Waals surface area contributed by atoms with Crippen LogP contribution in [0.3, 0.4) is 0 Å². The lowest BCUT2D eigenvalue weighted by Gasteiger charge is -2.14. The van der Waals surface area contributed by atoms with Crippen molar-refractivity contribution < 1.29 is 19.8 Å². The minimum Gasteiger partial charge on any atom is -0.481 e. The topological polar surface area (TPSA) is 74.6 Å². The zero-order valence-corrected chi connectivity index (χ0v) is 17.2.